The number of fused-ring (bicyclic) bond motifs is 1. The number of phenolic OH excluding ortho intramolecular Hbond substituents is 1. The predicted molar refractivity (Wildman–Crippen MR) is 76.7 cm³/mol. The number of aromatic hydroxyl groups is 1. The number of hydrogen-bond donors (Lipinski definition) is 2. The van der Waals surface area contributed by atoms with Gasteiger partial charge in [-0.15, -0.1) is 0 Å². The van der Waals surface area contributed by atoms with Crippen LogP contribution in [0, 0.1) is 0 Å². The standard InChI is InChI=1S/C16H16ClNO.BrH/c1-18-14-7-11-8-15(19)13(17)9-12(11)16(14)10-5-3-2-4-6-10;/h2-6,8-9,14,16,18-19H,7H2,1H3;1H/t14-,16-;/m1./s1. The molecule has 0 saturated carbocycles. The van der Waals surface area contributed by atoms with Crippen LogP contribution in [0.2, 0.25) is 5.02 Å². The minimum Gasteiger partial charge on any atom is -1.00 e. The van der Waals surface area contributed by atoms with E-state index < -0.39 is 0 Å². The molecule has 3 rings (SSSR count). The molecule has 0 amide bonds. The lowest BCUT2D eigenvalue weighted by Gasteiger charge is -2.18. The van der Waals surface area contributed by atoms with Gasteiger partial charge in [0, 0.05) is 6.42 Å². The number of quaternary nitrogens is 1. The second kappa shape index (κ2) is 6.17. The minimum atomic E-state index is 0. The average molecular weight is 355 g/mol. The Bertz CT molecular complexity index is 603. The number of phenols is 1. The van der Waals surface area contributed by atoms with E-state index >= 15 is 0 Å². The molecule has 2 nitrogen and oxygen atoms in total. The molecule has 2 aromatic rings. The van der Waals surface area contributed by atoms with Crippen molar-refractivity contribution in [3.63, 3.8) is 0 Å². The maximum Gasteiger partial charge on any atom is 0.134 e. The first-order chi connectivity index (χ1) is 9.20. The van der Waals surface area contributed by atoms with Gasteiger partial charge >= 0.3 is 0 Å². The number of benzene rings is 2. The van der Waals surface area contributed by atoms with Gasteiger partial charge in [-0.25, -0.2) is 0 Å². The van der Waals surface area contributed by atoms with Gasteiger partial charge in [0.2, 0.25) is 0 Å². The molecule has 106 valence electrons. The SMILES string of the molecule is C[NH2+][C@@H]1Cc2cc(O)c(Cl)cc2[C@H]1c1ccccc1.[Br-]. The van der Waals surface area contributed by atoms with Gasteiger partial charge in [0.1, 0.15) is 11.8 Å². The van der Waals surface area contributed by atoms with E-state index in [4.69, 9.17) is 11.6 Å². The normalized spacial score (nSPS) is 20.3. The van der Waals surface area contributed by atoms with Gasteiger partial charge in [0.25, 0.3) is 0 Å². The third-order valence-corrected chi connectivity index (χ3v) is 4.32. The van der Waals surface area contributed by atoms with E-state index in [9.17, 15) is 5.11 Å². The van der Waals surface area contributed by atoms with Gasteiger partial charge in [-0.05, 0) is 28.8 Å². The summed E-state index contributed by atoms with van der Waals surface area (Å²) in [6.07, 6.45) is 0.968. The van der Waals surface area contributed by atoms with Crippen molar-refractivity contribution in [2.24, 2.45) is 0 Å². The van der Waals surface area contributed by atoms with E-state index in [0.29, 0.717) is 17.0 Å². The number of hydrogen-bond acceptors (Lipinski definition) is 1. The quantitative estimate of drug-likeness (QED) is 0.735. The summed E-state index contributed by atoms with van der Waals surface area (Å²) in [5, 5.41) is 12.5. The molecule has 1 aliphatic carbocycles. The van der Waals surface area contributed by atoms with Crippen LogP contribution in [0.15, 0.2) is 42.5 Å². The average Bonchev–Trinajstić information content (AvgIpc) is 2.78. The topological polar surface area (TPSA) is 36.8 Å². The Kier molecular flexibility index (Phi) is 4.74. The fourth-order valence-electron chi connectivity index (χ4n) is 3.09. The van der Waals surface area contributed by atoms with Crippen molar-refractivity contribution in [2.45, 2.75) is 18.4 Å². The molecule has 4 heteroatoms. The molecule has 20 heavy (non-hydrogen) atoms. The lowest BCUT2D eigenvalue weighted by molar-refractivity contribution is -0.663. The van der Waals surface area contributed by atoms with Crippen molar-refractivity contribution in [1.29, 1.82) is 0 Å². The summed E-state index contributed by atoms with van der Waals surface area (Å²) < 4.78 is 0. The fraction of sp³-hybridized carbons (Fsp3) is 0.250. The number of nitrogens with two attached hydrogens (primary N) is 1. The molecule has 0 aromatic heterocycles. The summed E-state index contributed by atoms with van der Waals surface area (Å²) in [6, 6.07) is 14.7. The molecular formula is C16H17BrClNO. The van der Waals surface area contributed by atoms with Crippen molar-refractivity contribution in [3.05, 3.63) is 64.2 Å². The molecule has 0 spiro atoms. The highest BCUT2D eigenvalue weighted by Crippen LogP contribution is 2.41. The predicted octanol–water partition coefficient (Wildman–Crippen LogP) is -0.701. The van der Waals surface area contributed by atoms with Gasteiger partial charge in [-0.3, -0.25) is 0 Å². The number of rotatable bonds is 2. The third-order valence-electron chi connectivity index (χ3n) is 4.01. The van der Waals surface area contributed by atoms with Crippen molar-refractivity contribution in [3.8, 4) is 5.75 Å². The Hall–Kier alpha value is -1.03. The van der Waals surface area contributed by atoms with Crippen LogP contribution in [0.25, 0.3) is 0 Å². The Labute approximate surface area is 134 Å². The molecule has 0 saturated heterocycles. The van der Waals surface area contributed by atoms with Crippen LogP contribution in [-0.4, -0.2) is 18.2 Å². The Balaban J connectivity index is 0.00000147. The Morgan fingerprint density at radius 3 is 2.55 bits per heavy atom. The smallest absolute Gasteiger partial charge is 0.134 e. The van der Waals surface area contributed by atoms with Crippen LogP contribution in [0.1, 0.15) is 22.6 Å². The van der Waals surface area contributed by atoms with E-state index in [0.717, 1.165) is 6.42 Å². The van der Waals surface area contributed by atoms with E-state index in [1.165, 1.54) is 16.7 Å². The van der Waals surface area contributed by atoms with Gasteiger partial charge in [0.15, 0.2) is 0 Å². The van der Waals surface area contributed by atoms with Crippen molar-refractivity contribution < 1.29 is 27.4 Å². The Morgan fingerprint density at radius 2 is 1.90 bits per heavy atom. The summed E-state index contributed by atoms with van der Waals surface area (Å²) in [5.41, 5.74) is 3.77. The highest BCUT2D eigenvalue weighted by molar-refractivity contribution is 6.32. The van der Waals surface area contributed by atoms with E-state index in [1.54, 1.807) is 0 Å². The third kappa shape index (κ3) is 2.58. The molecule has 0 heterocycles. The highest BCUT2D eigenvalue weighted by Gasteiger charge is 2.36. The van der Waals surface area contributed by atoms with Gasteiger partial charge in [-0.2, -0.15) is 0 Å². The van der Waals surface area contributed by atoms with E-state index in [-0.39, 0.29) is 22.7 Å². The second-order valence-electron chi connectivity index (χ2n) is 5.09. The van der Waals surface area contributed by atoms with Gasteiger partial charge in [0.05, 0.1) is 18.0 Å². The van der Waals surface area contributed by atoms with Crippen molar-refractivity contribution in [1.82, 2.24) is 0 Å². The first-order valence-electron chi connectivity index (χ1n) is 6.56. The fourth-order valence-corrected chi connectivity index (χ4v) is 3.26. The summed E-state index contributed by atoms with van der Waals surface area (Å²) in [4.78, 5) is 0. The van der Waals surface area contributed by atoms with Crippen LogP contribution >= 0.6 is 11.6 Å². The van der Waals surface area contributed by atoms with Crippen LogP contribution in [0.5, 0.6) is 5.75 Å². The number of halogens is 2. The molecule has 0 fully saturated rings. The maximum absolute atomic E-state index is 9.76. The maximum atomic E-state index is 9.76. The molecule has 0 bridgehead atoms. The Morgan fingerprint density at radius 1 is 1.20 bits per heavy atom. The van der Waals surface area contributed by atoms with Gasteiger partial charge < -0.3 is 27.4 Å². The summed E-state index contributed by atoms with van der Waals surface area (Å²) >= 11 is 6.08. The number of likely N-dealkylation sites (N-methyl/N-ethyl adjacent to an activating group) is 1. The zero-order valence-electron chi connectivity index (χ0n) is 11.2. The van der Waals surface area contributed by atoms with Crippen molar-refractivity contribution in [2.75, 3.05) is 7.05 Å². The molecule has 3 N–H and O–H groups in total. The monoisotopic (exact) mass is 353 g/mol. The van der Waals surface area contributed by atoms with E-state index in [1.807, 2.05) is 18.2 Å². The second-order valence-corrected chi connectivity index (χ2v) is 5.50. The first kappa shape index (κ1) is 15.4. The molecular weight excluding hydrogens is 338 g/mol. The molecule has 0 aliphatic heterocycles. The zero-order valence-corrected chi connectivity index (χ0v) is 13.5. The first-order valence-corrected chi connectivity index (χ1v) is 6.94. The molecule has 2 atom stereocenters. The molecule has 2 aromatic carbocycles. The minimum absolute atomic E-state index is 0. The van der Waals surface area contributed by atoms with Crippen LogP contribution in [0.3, 0.4) is 0 Å². The van der Waals surface area contributed by atoms with Crippen LogP contribution < -0.4 is 22.3 Å². The van der Waals surface area contributed by atoms with Gasteiger partial charge in [-0.1, -0.05) is 41.9 Å². The molecule has 0 radical (unpaired) electrons. The molecule has 0 unspecified atom stereocenters. The molecule has 1 aliphatic rings. The van der Waals surface area contributed by atoms with Crippen LogP contribution in [-0.2, 0) is 6.42 Å². The van der Waals surface area contributed by atoms with E-state index in [2.05, 4.69) is 36.6 Å². The largest absolute Gasteiger partial charge is 1.00 e. The lowest BCUT2D eigenvalue weighted by atomic mass is 9.90. The van der Waals surface area contributed by atoms with Crippen LogP contribution in [0.4, 0.5) is 0 Å². The summed E-state index contributed by atoms with van der Waals surface area (Å²) in [6.45, 7) is 0. The summed E-state index contributed by atoms with van der Waals surface area (Å²) in [7, 11) is 2.11. The zero-order chi connectivity index (χ0) is 13.4. The highest BCUT2D eigenvalue weighted by atomic mass is 79.9. The summed E-state index contributed by atoms with van der Waals surface area (Å²) in [5.74, 6) is 0.531. The lowest BCUT2D eigenvalue weighted by Crippen LogP contribution is -3.00. The van der Waals surface area contributed by atoms with Crippen molar-refractivity contribution >= 4 is 11.6 Å².